The first-order valence-corrected chi connectivity index (χ1v) is 14.5. The number of amides is 1. The normalized spacial score (nSPS) is 21.5. The van der Waals surface area contributed by atoms with Gasteiger partial charge in [0.2, 0.25) is 5.91 Å². The lowest BCUT2D eigenvalue weighted by Crippen LogP contribution is -2.34. The standard InChI is InChI=1S/C32H46N2O5/c1-5-25(32(35)33-2)19-23-7-13-30(28(20-23)26-9-11-27(37-4)12-10-26)39-22-24-8-14-31-29(21-24)34(16-18-38-31)15-6-17-36-3/h8-12,14,21,23,25,28,30H,5-7,13,15-20,22H2,1-4H3,(H,33,35)/t23-,25-,28+,30-/m0/s1. The van der Waals surface area contributed by atoms with Crippen molar-refractivity contribution in [2.24, 2.45) is 11.8 Å². The van der Waals surface area contributed by atoms with Crippen LogP contribution in [0.4, 0.5) is 5.69 Å². The van der Waals surface area contributed by atoms with Gasteiger partial charge in [0.25, 0.3) is 0 Å². The van der Waals surface area contributed by atoms with Gasteiger partial charge in [0, 0.05) is 39.1 Å². The quantitative estimate of drug-likeness (QED) is 0.337. The number of ether oxygens (including phenoxy) is 4. The summed E-state index contributed by atoms with van der Waals surface area (Å²) in [5.41, 5.74) is 3.59. The molecule has 1 aliphatic heterocycles. The van der Waals surface area contributed by atoms with E-state index in [0.717, 1.165) is 81.0 Å². The van der Waals surface area contributed by atoms with Gasteiger partial charge in [-0.05, 0) is 79.8 Å². The molecule has 1 N–H and O–H groups in total. The van der Waals surface area contributed by atoms with Crippen LogP contribution in [0, 0.1) is 11.8 Å². The maximum atomic E-state index is 12.4. The van der Waals surface area contributed by atoms with Gasteiger partial charge >= 0.3 is 0 Å². The fourth-order valence-corrected chi connectivity index (χ4v) is 6.15. The molecule has 1 heterocycles. The fraction of sp³-hybridized carbons (Fsp3) is 0.594. The third kappa shape index (κ3) is 7.67. The number of nitrogens with zero attached hydrogens (tertiary/aromatic N) is 1. The second kappa shape index (κ2) is 14.6. The zero-order valence-electron chi connectivity index (χ0n) is 24.1. The molecule has 2 aromatic rings. The number of hydrogen-bond acceptors (Lipinski definition) is 6. The summed E-state index contributed by atoms with van der Waals surface area (Å²) in [5, 5.41) is 2.85. The van der Waals surface area contributed by atoms with Gasteiger partial charge in [0.15, 0.2) is 0 Å². The first kappa shape index (κ1) is 29.2. The maximum absolute atomic E-state index is 12.4. The molecule has 2 aliphatic rings. The van der Waals surface area contributed by atoms with E-state index in [1.807, 2.05) is 12.1 Å². The van der Waals surface area contributed by atoms with Crippen molar-refractivity contribution in [1.29, 1.82) is 0 Å². The van der Waals surface area contributed by atoms with Crippen molar-refractivity contribution < 1.29 is 23.7 Å². The number of carbonyl (C=O) groups excluding carboxylic acids is 1. The van der Waals surface area contributed by atoms with Gasteiger partial charge in [-0.2, -0.15) is 0 Å². The minimum absolute atomic E-state index is 0.0681. The van der Waals surface area contributed by atoms with Crippen LogP contribution in [-0.4, -0.2) is 59.6 Å². The molecular formula is C32H46N2O5. The molecule has 1 amide bonds. The van der Waals surface area contributed by atoms with Crippen molar-refractivity contribution in [2.75, 3.05) is 52.5 Å². The van der Waals surface area contributed by atoms with Gasteiger partial charge in [-0.3, -0.25) is 4.79 Å². The van der Waals surface area contributed by atoms with E-state index in [4.69, 9.17) is 18.9 Å². The monoisotopic (exact) mass is 538 g/mol. The van der Waals surface area contributed by atoms with Crippen molar-refractivity contribution >= 4 is 11.6 Å². The first-order valence-electron chi connectivity index (χ1n) is 14.5. The zero-order valence-corrected chi connectivity index (χ0v) is 24.1. The van der Waals surface area contributed by atoms with Crippen LogP contribution in [0.15, 0.2) is 42.5 Å². The number of fused-ring (bicyclic) bond motifs is 1. The Morgan fingerprint density at radius 2 is 1.97 bits per heavy atom. The molecule has 0 unspecified atom stereocenters. The van der Waals surface area contributed by atoms with Crippen LogP contribution in [0.25, 0.3) is 0 Å². The molecule has 0 spiro atoms. The fourth-order valence-electron chi connectivity index (χ4n) is 6.15. The summed E-state index contributed by atoms with van der Waals surface area (Å²) in [5.74, 6) is 2.81. The molecule has 7 nitrogen and oxygen atoms in total. The number of carbonyl (C=O) groups is 1. The predicted molar refractivity (Wildman–Crippen MR) is 155 cm³/mol. The Kier molecular flexibility index (Phi) is 10.9. The highest BCUT2D eigenvalue weighted by molar-refractivity contribution is 5.78. The molecule has 214 valence electrons. The highest BCUT2D eigenvalue weighted by Gasteiger charge is 2.34. The Labute approximate surface area is 234 Å². The second-order valence-electron chi connectivity index (χ2n) is 10.8. The lowest BCUT2D eigenvalue weighted by molar-refractivity contribution is -0.125. The molecule has 1 aliphatic carbocycles. The lowest BCUT2D eigenvalue weighted by Gasteiger charge is -2.37. The van der Waals surface area contributed by atoms with E-state index in [1.54, 1.807) is 21.3 Å². The number of methoxy groups -OCH3 is 2. The third-order valence-electron chi connectivity index (χ3n) is 8.39. The van der Waals surface area contributed by atoms with Crippen LogP contribution in [0.1, 0.15) is 62.5 Å². The van der Waals surface area contributed by atoms with Crippen molar-refractivity contribution in [2.45, 2.75) is 64.1 Å². The minimum Gasteiger partial charge on any atom is -0.497 e. The van der Waals surface area contributed by atoms with Gasteiger partial charge in [-0.1, -0.05) is 25.1 Å². The number of anilines is 1. The first-order chi connectivity index (χ1) is 19.1. The Morgan fingerprint density at radius 1 is 1.15 bits per heavy atom. The highest BCUT2D eigenvalue weighted by Crippen LogP contribution is 2.42. The molecule has 2 aromatic carbocycles. The molecule has 39 heavy (non-hydrogen) atoms. The van der Waals surface area contributed by atoms with E-state index >= 15 is 0 Å². The Morgan fingerprint density at radius 3 is 2.69 bits per heavy atom. The molecule has 1 saturated carbocycles. The van der Waals surface area contributed by atoms with Gasteiger partial charge < -0.3 is 29.2 Å². The number of nitrogens with one attached hydrogen (secondary N) is 1. The summed E-state index contributed by atoms with van der Waals surface area (Å²) in [6.45, 7) is 5.98. The molecule has 1 fully saturated rings. The summed E-state index contributed by atoms with van der Waals surface area (Å²) in [7, 11) is 5.19. The van der Waals surface area contributed by atoms with Gasteiger partial charge in [0.1, 0.15) is 18.1 Å². The summed E-state index contributed by atoms with van der Waals surface area (Å²) >= 11 is 0. The largest absolute Gasteiger partial charge is 0.497 e. The Balaban J connectivity index is 1.46. The zero-order chi connectivity index (χ0) is 27.6. The predicted octanol–water partition coefficient (Wildman–Crippen LogP) is 5.56. The Bertz CT molecular complexity index is 1040. The summed E-state index contributed by atoms with van der Waals surface area (Å²) in [4.78, 5) is 14.8. The van der Waals surface area contributed by atoms with E-state index in [0.29, 0.717) is 19.1 Å². The van der Waals surface area contributed by atoms with Crippen molar-refractivity contribution in [3.8, 4) is 11.5 Å². The topological polar surface area (TPSA) is 69.3 Å². The van der Waals surface area contributed by atoms with Crippen LogP contribution in [-0.2, 0) is 20.9 Å². The van der Waals surface area contributed by atoms with E-state index in [2.05, 4.69) is 47.5 Å². The molecule has 0 aromatic heterocycles. The van der Waals surface area contributed by atoms with E-state index in [9.17, 15) is 4.79 Å². The lowest BCUT2D eigenvalue weighted by atomic mass is 9.73. The molecule has 0 radical (unpaired) electrons. The summed E-state index contributed by atoms with van der Waals surface area (Å²) < 4.78 is 23.3. The van der Waals surface area contributed by atoms with Crippen LogP contribution in [0.5, 0.6) is 11.5 Å². The van der Waals surface area contributed by atoms with Gasteiger partial charge in [0.05, 0.1) is 32.1 Å². The Hall–Kier alpha value is -2.77. The summed E-state index contributed by atoms with van der Waals surface area (Å²) in [6.07, 6.45) is 6.00. The van der Waals surface area contributed by atoms with Crippen molar-refractivity contribution in [3.63, 3.8) is 0 Å². The number of hydrogen-bond donors (Lipinski definition) is 1. The number of rotatable bonds is 13. The third-order valence-corrected chi connectivity index (χ3v) is 8.39. The molecule has 7 heteroatoms. The van der Waals surface area contributed by atoms with Crippen molar-refractivity contribution in [3.05, 3.63) is 53.6 Å². The van der Waals surface area contributed by atoms with Gasteiger partial charge in [-0.15, -0.1) is 0 Å². The maximum Gasteiger partial charge on any atom is 0.222 e. The SMILES string of the molecule is CC[C@@H](C[C@@H]1CC[C@H](OCc2ccc3c(c2)N(CCCOC)CCO3)[C@@H](c2ccc(OC)cc2)C1)C(=O)NC. The average molecular weight is 539 g/mol. The van der Waals surface area contributed by atoms with E-state index < -0.39 is 0 Å². The van der Waals surface area contributed by atoms with E-state index in [-0.39, 0.29) is 23.8 Å². The molecule has 4 atom stereocenters. The van der Waals surface area contributed by atoms with Crippen LogP contribution >= 0.6 is 0 Å². The smallest absolute Gasteiger partial charge is 0.222 e. The average Bonchev–Trinajstić information content (AvgIpc) is 2.99. The molecular weight excluding hydrogens is 492 g/mol. The molecule has 4 rings (SSSR count). The highest BCUT2D eigenvalue weighted by atomic mass is 16.5. The summed E-state index contributed by atoms with van der Waals surface area (Å²) in [6, 6.07) is 14.9. The van der Waals surface area contributed by atoms with Crippen LogP contribution in [0.3, 0.4) is 0 Å². The number of benzene rings is 2. The van der Waals surface area contributed by atoms with Gasteiger partial charge in [-0.25, -0.2) is 0 Å². The van der Waals surface area contributed by atoms with Crippen molar-refractivity contribution in [1.82, 2.24) is 5.32 Å². The van der Waals surface area contributed by atoms with Crippen LogP contribution < -0.4 is 19.7 Å². The van der Waals surface area contributed by atoms with Crippen LogP contribution in [0.2, 0.25) is 0 Å². The second-order valence-corrected chi connectivity index (χ2v) is 10.8. The molecule has 0 bridgehead atoms. The molecule has 0 saturated heterocycles. The minimum atomic E-state index is 0.0681. The van der Waals surface area contributed by atoms with E-state index in [1.165, 1.54) is 5.56 Å².